The van der Waals surface area contributed by atoms with Gasteiger partial charge in [-0.15, -0.1) is 5.10 Å². The molecule has 1 aliphatic rings. The highest BCUT2D eigenvalue weighted by Crippen LogP contribution is 2.30. The monoisotopic (exact) mass is 348 g/mol. The molecule has 0 N–H and O–H groups in total. The molecule has 1 saturated heterocycles. The molecular formula is C15H24N8O2. The van der Waals surface area contributed by atoms with E-state index in [1.807, 2.05) is 38.4 Å². The van der Waals surface area contributed by atoms with Gasteiger partial charge in [-0.05, 0) is 24.5 Å². The minimum atomic E-state index is -0.147. The Morgan fingerprint density at radius 1 is 1.44 bits per heavy atom. The van der Waals surface area contributed by atoms with Crippen molar-refractivity contribution in [3.05, 3.63) is 24.3 Å². The topological polar surface area (TPSA) is 94.2 Å². The second-order valence-corrected chi connectivity index (χ2v) is 6.47. The molecule has 25 heavy (non-hydrogen) atoms. The quantitative estimate of drug-likeness (QED) is 0.683. The van der Waals surface area contributed by atoms with Gasteiger partial charge in [-0.1, -0.05) is 0 Å². The van der Waals surface area contributed by atoms with E-state index >= 15 is 0 Å². The van der Waals surface area contributed by atoms with Crippen LogP contribution in [0, 0.1) is 0 Å². The summed E-state index contributed by atoms with van der Waals surface area (Å²) in [6.07, 6.45) is 5.52. The maximum Gasteiger partial charge on any atom is 0.225 e. The molecule has 10 heteroatoms. The molecular weight excluding hydrogens is 324 g/mol. The van der Waals surface area contributed by atoms with Gasteiger partial charge in [-0.25, -0.2) is 4.68 Å². The van der Waals surface area contributed by atoms with Crippen LogP contribution in [0.15, 0.2) is 18.7 Å². The predicted octanol–water partition coefficient (Wildman–Crippen LogP) is -0.673. The first-order valence-corrected chi connectivity index (χ1v) is 8.29. The highest BCUT2D eigenvalue weighted by molar-refractivity contribution is 5.76. The van der Waals surface area contributed by atoms with Crippen LogP contribution in [0.3, 0.4) is 0 Å². The molecule has 0 bridgehead atoms. The molecule has 1 aliphatic heterocycles. The Bertz CT molecular complexity index is 684. The van der Waals surface area contributed by atoms with Crippen LogP contribution in [-0.4, -0.2) is 85.6 Å². The number of carbonyl (C=O) groups is 1. The van der Waals surface area contributed by atoms with Gasteiger partial charge in [0.2, 0.25) is 5.91 Å². The van der Waals surface area contributed by atoms with E-state index in [0.29, 0.717) is 26.1 Å². The number of nitrogens with zero attached hydrogens (tertiary/aromatic N) is 8. The van der Waals surface area contributed by atoms with Crippen molar-refractivity contribution in [2.24, 2.45) is 7.05 Å². The lowest BCUT2D eigenvalue weighted by Crippen LogP contribution is -2.51. The first-order valence-electron chi connectivity index (χ1n) is 8.29. The minimum Gasteiger partial charge on any atom is -0.373 e. The second kappa shape index (κ2) is 7.70. The lowest BCUT2D eigenvalue weighted by atomic mass is 10.00. The third-order valence-corrected chi connectivity index (χ3v) is 4.23. The minimum absolute atomic E-state index is 0.0661. The number of morpholine rings is 1. The SMILES string of the molecule is CN(C)C[C@@H]1OCCN(C(=O)CCn2cnnn2)[C@H]1c1cnn(C)c1. The van der Waals surface area contributed by atoms with Gasteiger partial charge in [-0.3, -0.25) is 9.48 Å². The van der Waals surface area contributed by atoms with Crippen molar-refractivity contribution in [1.29, 1.82) is 0 Å². The molecule has 0 aliphatic carbocycles. The molecule has 136 valence electrons. The van der Waals surface area contributed by atoms with Crippen molar-refractivity contribution in [2.75, 3.05) is 33.8 Å². The molecule has 2 aromatic rings. The van der Waals surface area contributed by atoms with Crippen molar-refractivity contribution in [3.63, 3.8) is 0 Å². The maximum absolute atomic E-state index is 12.9. The summed E-state index contributed by atoms with van der Waals surface area (Å²) in [5.74, 6) is 0.0661. The van der Waals surface area contributed by atoms with Crippen LogP contribution in [0.25, 0.3) is 0 Å². The van der Waals surface area contributed by atoms with Gasteiger partial charge in [0.1, 0.15) is 6.33 Å². The van der Waals surface area contributed by atoms with Crippen molar-refractivity contribution in [3.8, 4) is 0 Å². The zero-order valence-electron chi connectivity index (χ0n) is 14.8. The third-order valence-electron chi connectivity index (χ3n) is 4.23. The molecule has 3 heterocycles. The van der Waals surface area contributed by atoms with Gasteiger partial charge < -0.3 is 14.5 Å². The number of aromatic nitrogens is 6. The average molecular weight is 348 g/mol. The van der Waals surface area contributed by atoms with Crippen molar-refractivity contribution in [1.82, 2.24) is 39.8 Å². The third kappa shape index (κ3) is 4.20. The Morgan fingerprint density at radius 3 is 2.92 bits per heavy atom. The number of tetrazole rings is 1. The second-order valence-electron chi connectivity index (χ2n) is 6.47. The van der Waals surface area contributed by atoms with E-state index in [-0.39, 0.29) is 18.1 Å². The van der Waals surface area contributed by atoms with Gasteiger partial charge in [-0.2, -0.15) is 5.10 Å². The Balaban J connectivity index is 1.77. The smallest absolute Gasteiger partial charge is 0.225 e. The number of likely N-dealkylation sites (N-methyl/N-ethyl adjacent to an activating group) is 1. The van der Waals surface area contributed by atoms with Crippen LogP contribution in [0.2, 0.25) is 0 Å². The molecule has 0 radical (unpaired) electrons. The molecule has 2 atom stereocenters. The van der Waals surface area contributed by atoms with Gasteiger partial charge >= 0.3 is 0 Å². The normalized spacial score (nSPS) is 21.0. The number of ether oxygens (including phenoxy) is 1. The first-order chi connectivity index (χ1) is 12.0. The van der Waals surface area contributed by atoms with Gasteiger partial charge in [0.05, 0.1) is 31.5 Å². The highest BCUT2D eigenvalue weighted by Gasteiger charge is 2.37. The maximum atomic E-state index is 12.9. The van der Waals surface area contributed by atoms with E-state index in [9.17, 15) is 4.79 Å². The highest BCUT2D eigenvalue weighted by atomic mass is 16.5. The molecule has 0 unspecified atom stereocenters. The summed E-state index contributed by atoms with van der Waals surface area (Å²) in [5.41, 5.74) is 0.991. The van der Waals surface area contributed by atoms with Gasteiger partial charge in [0.15, 0.2) is 0 Å². The van der Waals surface area contributed by atoms with Gasteiger partial charge in [0, 0.05) is 38.3 Å². The number of hydrogen-bond acceptors (Lipinski definition) is 7. The van der Waals surface area contributed by atoms with Crippen LogP contribution in [0.4, 0.5) is 0 Å². The van der Waals surface area contributed by atoms with Gasteiger partial charge in [0.25, 0.3) is 0 Å². The molecule has 2 aromatic heterocycles. The first kappa shape index (κ1) is 17.5. The Labute approximate surface area is 146 Å². The summed E-state index contributed by atoms with van der Waals surface area (Å²) in [6, 6.07) is -0.147. The van der Waals surface area contributed by atoms with E-state index in [0.717, 1.165) is 12.1 Å². The lowest BCUT2D eigenvalue weighted by Gasteiger charge is -2.41. The van der Waals surface area contributed by atoms with E-state index in [2.05, 4.69) is 25.5 Å². The number of rotatable bonds is 6. The Morgan fingerprint density at radius 2 is 2.28 bits per heavy atom. The summed E-state index contributed by atoms with van der Waals surface area (Å²) >= 11 is 0. The summed E-state index contributed by atoms with van der Waals surface area (Å²) in [6.45, 7) is 2.29. The number of carbonyl (C=O) groups excluding carboxylic acids is 1. The fourth-order valence-corrected chi connectivity index (χ4v) is 3.15. The zero-order valence-corrected chi connectivity index (χ0v) is 14.8. The van der Waals surface area contributed by atoms with E-state index in [1.54, 1.807) is 9.36 Å². The number of amides is 1. The molecule has 0 aromatic carbocycles. The fourth-order valence-electron chi connectivity index (χ4n) is 3.15. The molecule has 1 amide bonds. The number of hydrogen-bond donors (Lipinski definition) is 0. The van der Waals surface area contributed by atoms with Crippen molar-refractivity contribution in [2.45, 2.75) is 25.1 Å². The summed E-state index contributed by atoms with van der Waals surface area (Å²) in [4.78, 5) is 16.8. The van der Waals surface area contributed by atoms with Crippen LogP contribution in [0.1, 0.15) is 18.0 Å². The zero-order chi connectivity index (χ0) is 17.8. The van der Waals surface area contributed by atoms with E-state index in [1.165, 1.54) is 6.33 Å². The Hall–Kier alpha value is -2.33. The van der Waals surface area contributed by atoms with Crippen molar-refractivity contribution >= 4 is 5.91 Å². The van der Waals surface area contributed by atoms with Crippen LogP contribution in [0.5, 0.6) is 0 Å². The van der Waals surface area contributed by atoms with Crippen LogP contribution >= 0.6 is 0 Å². The summed E-state index contributed by atoms with van der Waals surface area (Å²) in [5, 5.41) is 15.3. The number of aryl methyl sites for hydroxylation is 2. The molecule has 0 saturated carbocycles. The predicted molar refractivity (Wildman–Crippen MR) is 88.4 cm³/mol. The molecule has 10 nitrogen and oxygen atoms in total. The average Bonchev–Trinajstić information content (AvgIpc) is 3.23. The van der Waals surface area contributed by atoms with E-state index < -0.39 is 0 Å². The largest absolute Gasteiger partial charge is 0.373 e. The summed E-state index contributed by atoms with van der Waals surface area (Å²) < 4.78 is 9.30. The van der Waals surface area contributed by atoms with Crippen molar-refractivity contribution < 1.29 is 9.53 Å². The molecule has 0 spiro atoms. The standard InChI is InChI=1S/C15H24N8O2/c1-20(2)10-13-15(12-8-17-21(3)9-12)23(6-7-25-13)14(24)4-5-22-11-16-18-19-22/h8-9,11,13,15H,4-7,10H2,1-3H3/t13-,15-/m0/s1. The molecule has 1 fully saturated rings. The molecule has 3 rings (SSSR count). The van der Waals surface area contributed by atoms with Crippen LogP contribution < -0.4 is 0 Å². The van der Waals surface area contributed by atoms with E-state index in [4.69, 9.17) is 4.74 Å². The lowest BCUT2D eigenvalue weighted by molar-refractivity contribution is -0.148. The fraction of sp³-hybridized carbons (Fsp3) is 0.667. The Kier molecular flexibility index (Phi) is 5.39. The van der Waals surface area contributed by atoms with Crippen LogP contribution in [-0.2, 0) is 23.1 Å². The summed E-state index contributed by atoms with van der Waals surface area (Å²) in [7, 11) is 5.88.